The minimum atomic E-state index is -0.610. The lowest BCUT2D eigenvalue weighted by atomic mass is 10.2. The molecule has 132 valence electrons. The maximum atomic E-state index is 13.5. The molecular formula is C19H21FN2O3. The van der Waals surface area contributed by atoms with Gasteiger partial charge in [0.1, 0.15) is 5.82 Å². The van der Waals surface area contributed by atoms with Crippen molar-refractivity contribution in [1.82, 2.24) is 5.43 Å². The van der Waals surface area contributed by atoms with Gasteiger partial charge in [0.15, 0.2) is 11.5 Å². The molecule has 1 amide bonds. The van der Waals surface area contributed by atoms with Crippen molar-refractivity contribution >= 4 is 12.1 Å². The molecule has 0 bridgehead atoms. The number of nitrogens with one attached hydrogen (secondary N) is 1. The summed E-state index contributed by atoms with van der Waals surface area (Å²) in [5.74, 6) is 0.0373. The van der Waals surface area contributed by atoms with E-state index in [1.165, 1.54) is 24.4 Å². The van der Waals surface area contributed by atoms with Gasteiger partial charge < -0.3 is 9.47 Å². The number of halogens is 1. The summed E-state index contributed by atoms with van der Waals surface area (Å²) in [4.78, 5) is 11.9. The van der Waals surface area contributed by atoms with Crippen LogP contribution < -0.4 is 14.9 Å². The summed E-state index contributed by atoms with van der Waals surface area (Å²) in [6, 6.07) is 11.1. The zero-order valence-electron chi connectivity index (χ0n) is 14.3. The number of amides is 1. The van der Waals surface area contributed by atoms with Gasteiger partial charge in [-0.15, -0.1) is 0 Å². The summed E-state index contributed by atoms with van der Waals surface area (Å²) < 4.78 is 24.5. The first kappa shape index (κ1) is 18.4. The lowest BCUT2D eigenvalue weighted by Gasteiger charge is -2.10. The van der Waals surface area contributed by atoms with E-state index < -0.39 is 11.7 Å². The summed E-state index contributed by atoms with van der Waals surface area (Å²) in [6.45, 7) is 2.72. The van der Waals surface area contributed by atoms with Crippen LogP contribution in [-0.4, -0.2) is 25.8 Å². The van der Waals surface area contributed by atoms with Crippen LogP contribution in [0.5, 0.6) is 11.5 Å². The molecule has 0 aliphatic heterocycles. The van der Waals surface area contributed by atoms with E-state index >= 15 is 0 Å². The van der Waals surface area contributed by atoms with E-state index in [1.54, 1.807) is 31.4 Å². The van der Waals surface area contributed by atoms with Gasteiger partial charge in [0.25, 0.3) is 5.91 Å². The number of hydrogen-bond acceptors (Lipinski definition) is 4. The van der Waals surface area contributed by atoms with Crippen molar-refractivity contribution in [2.75, 3.05) is 13.7 Å². The first-order valence-electron chi connectivity index (χ1n) is 8.04. The second-order valence-electron chi connectivity index (χ2n) is 5.29. The molecule has 6 heteroatoms. The van der Waals surface area contributed by atoms with Crippen molar-refractivity contribution in [2.24, 2.45) is 5.10 Å². The molecule has 0 atom stereocenters. The molecule has 0 aromatic heterocycles. The zero-order valence-corrected chi connectivity index (χ0v) is 14.3. The summed E-state index contributed by atoms with van der Waals surface area (Å²) in [5.41, 5.74) is 2.96. The Bertz CT molecular complexity index is 747. The molecule has 0 saturated heterocycles. The number of hydrogen-bond donors (Lipinski definition) is 1. The van der Waals surface area contributed by atoms with Crippen molar-refractivity contribution in [3.05, 3.63) is 59.4 Å². The van der Waals surface area contributed by atoms with Crippen LogP contribution in [0, 0.1) is 5.82 Å². The highest BCUT2D eigenvalue weighted by molar-refractivity contribution is 5.95. The van der Waals surface area contributed by atoms with Crippen molar-refractivity contribution in [2.45, 2.75) is 19.8 Å². The summed E-state index contributed by atoms with van der Waals surface area (Å²) >= 11 is 0. The Morgan fingerprint density at radius 3 is 2.76 bits per heavy atom. The summed E-state index contributed by atoms with van der Waals surface area (Å²) in [7, 11) is 1.56. The number of hydrazone groups is 1. The molecule has 1 N–H and O–H groups in total. The van der Waals surface area contributed by atoms with Crippen molar-refractivity contribution < 1.29 is 18.7 Å². The number of carbonyl (C=O) groups excluding carboxylic acids is 1. The number of benzene rings is 2. The smallest absolute Gasteiger partial charge is 0.274 e. The van der Waals surface area contributed by atoms with Gasteiger partial charge >= 0.3 is 0 Å². The van der Waals surface area contributed by atoms with Crippen molar-refractivity contribution in [1.29, 1.82) is 0 Å². The molecule has 0 saturated carbocycles. The van der Waals surface area contributed by atoms with Crippen molar-refractivity contribution in [3.8, 4) is 11.5 Å². The fourth-order valence-corrected chi connectivity index (χ4v) is 2.08. The fourth-order valence-electron chi connectivity index (χ4n) is 2.08. The van der Waals surface area contributed by atoms with Crippen LogP contribution in [0.2, 0.25) is 0 Å². The van der Waals surface area contributed by atoms with Crippen LogP contribution in [0.3, 0.4) is 0 Å². The lowest BCUT2D eigenvalue weighted by Crippen LogP contribution is -2.18. The van der Waals surface area contributed by atoms with E-state index in [0.717, 1.165) is 12.8 Å². The predicted octanol–water partition coefficient (Wildman–Crippen LogP) is 3.78. The molecule has 2 aromatic rings. The molecular weight excluding hydrogens is 323 g/mol. The molecule has 0 radical (unpaired) electrons. The summed E-state index contributed by atoms with van der Waals surface area (Å²) in [5, 5.41) is 3.85. The van der Waals surface area contributed by atoms with Gasteiger partial charge in [-0.2, -0.15) is 5.10 Å². The van der Waals surface area contributed by atoms with E-state index in [-0.39, 0.29) is 5.56 Å². The van der Waals surface area contributed by atoms with E-state index in [1.807, 2.05) is 0 Å². The third kappa shape index (κ3) is 5.31. The van der Waals surface area contributed by atoms with E-state index in [2.05, 4.69) is 17.5 Å². The van der Waals surface area contributed by atoms with E-state index in [0.29, 0.717) is 23.7 Å². The molecule has 5 nitrogen and oxygen atoms in total. The number of rotatable bonds is 8. The van der Waals surface area contributed by atoms with Gasteiger partial charge in [0, 0.05) is 0 Å². The van der Waals surface area contributed by atoms with E-state index in [4.69, 9.17) is 9.47 Å². The Morgan fingerprint density at radius 2 is 2.04 bits per heavy atom. The standard InChI is InChI=1S/C19H21FN2O3/c1-3-4-11-25-17-10-9-14(12-18(17)24-2)13-21-22-19(23)15-7-5-6-8-16(15)20/h5-10,12-13H,3-4,11H2,1-2H3,(H,22,23)/b21-13-. The second kappa shape index (κ2) is 9.42. The average molecular weight is 344 g/mol. The van der Waals surface area contributed by atoms with Gasteiger partial charge in [0.05, 0.1) is 25.5 Å². The topological polar surface area (TPSA) is 59.9 Å². The molecule has 2 aromatic carbocycles. The van der Waals surface area contributed by atoms with Gasteiger partial charge in [-0.05, 0) is 42.3 Å². The quantitative estimate of drug-likeness (QED) is 0.450. The Balaban J connectivity index is 2.01. The Kier molecular flexibility index (Phi) is 6.95. The molecule has 0 spiro atoms. The fraction of sp³-hybridized carbons (Fsp3) is 0.263. The molecule has 2 rings (SSSR count). The number of unbranched alkanes of at least 4 members (excludes halogenated alkanes) is 1. The van der Waals surface area contributed by atoms with Crippen molar-refractivity contribution in [3.63, 3.8) is 0 Å². The molecule has 0 fully saturated rings. The highest BCUT2D eigenvalue weighted by Gasteiger charge is 2.09. The van der Waals surface area contributed by atoms with Crippen LogP contribution in [0.1, 0.15) is 35.7 Å². The van der Waals surface area contributed by atoms with Crippen LogP contribution in [0.15, 0.2) is 47.6 Å². The maximum absolute atomic E-state index is 13.5. The largest absolute Gasteiger partial charge is 0.493 e. The normalized spacial score (nSPS) is 10.7. The highest BCUT2D eigenvalue weighted by Crippen LogP contribution is 2.27. The van der Waals surface area contributed by atoms with Crippen LogP contribution in [-0.2, 0) is 0 Å². The Morgan fingerprint density at radius 1 is 1.24 bits per heavy atom. The lowest BCUT2D eigenvalue weighted by molar-refractivity contribution is 0.0951. The molecule has 25 heavy (non-hydrogen) atoms. The Hall–Kier alpha value is -2.89. The molecule has 0 aliphatic rings. The highest BCUT2D eigenvalue weighted by atomic mass is 19.1. The van der Waals surface area contributed by atoms with Gasteiger partial charge in [-0.3, -0.25) is 4.79 Å². The van der Waals surface area contributed by atoms with Crippen LogP contribution in [0.4, 0.5) is 4.39 Å². The number of ether oxygens (including phenoxy) is 2. The number of methoxy groups -OCH3 is 1. The zero-order chi connectivity index (χ0) is 18.1. The number of carbonyl (C=O) groups is 1. The van der Waals surface area contributed by atoms with Gasteiger partial charge in [-0.1, -0.05) is 25.5 Å². The average Bonchev–Trinajstić information content (AvgIpc) is 2.63. The molecule has 0 heterocycles. The minimum absolute atomic E-state index is 0.0584. The Labute approximate surface area is 146 Å². The van der Waals surface area contributed by atoms with Crippen LogP contribution >= 0.6 is 0 Å². The maximum Gasteiger partial charge on any atom is 0.274 e. The number of nitrogens with zero attached hydrogens (tertiary/aromatic N) is 1. The SMILES string of the molecule is CCCCOc1ccc(/C=N\NC(=O)c2ccccc2F)cc1OC. The van der Waals surface area contributed by atoms with Crippen LogP contribution in [0.25, 0.3) is 0 Å². The third-order valence-corrected chi connectivity index (χ3v) is 3.44. The predicted molar refractivity (Wildman–Crippen MR) is 94.9 cm³/mol. The third-order valence-electron chi connectivity index (χ3n) is 3.44. The second-order valence-corrected chi connectivity index (χ2v) is 5.29. The molecule has 0 unspecified atom stereocenters. The van der Waals surface area contributed by atoms with Gasteiger partial charge in [0.2, 0.25) is 0 Å². The minimum Gasteiger partial charge on any atom is -0.493 e. The monoisotopic (exact) mass is 344 g/mol. The summed E-state index contributed by atoms with van der Waals surface area (Å²) in [6.07, 6.45) is 3.47. The molecule has 0 aliphatic carbocycles. The van der Waals surface area contributed by atoms with E-state index in [9.17, 15) is 9.18 Å². The van der Waals surface area contributed by atoms with Gasteiger partial charge in [-0.25, -0.2) is 9.82 Å². The first-order chi connectivity index (χ1) is 12.2. The first-order valence-corrected chi connectivity index (χ1v) is 8.04.